The van der Waals surface area contributed by atoms with E-state index in [1.807, 2.05) is 30.3 Å². The van der Waals surface area contributed by atoms with Gasteiger partial charge < -0.3 is 5.73 Å². The van der Waals surface area contributed by atoms with Gasteiger partial charge in [-0.25, -0.2) is 0 Å². The minimum absolute atomic E-state index is 0.255. The highest BCUT2D eigenvalue weighted by atomic mass is 35.5. The highest BCUT2D eigenvalue weighted by Crippen LogP contribution is 2.25. The second-order valence-corrected chi connectivity index (χ2v) is 3.58. The van der Waals surface area contributed by atoms with Crippen molar-refractivity contribution in [3.05, 3.63) is 58.9 Å². The Morgan fingerprint density at radius 3 is 2.60 bits per heavy atom. The van der Waals surface area contributed by atoms with Crippen LogP contribution in [0.3, 0.4) is 0 Å². The van der Waals surface area contributed by atoms with Crippen LogP contribution in [0.5, 0.6) is 0 Å². The summed E-state index contributed by atoms with van der Waals surface area (Å²) >= 11 is 6.05. The Balaban J connectivity index is 2.37. The molecule has 0 fully saturated rings. The van der Waals surface area contributed by atoms with Gasteiger partial charge in [-0.1, -0.05) is 29.8 Å². The zero-order chi connectivity index (χ0) is 10.7. The lowest BCUT2D eigenvalue weighted by Crippen LogP contribution is -2.12. The summed E-state index contributed by atoms with van der Waals surface area (Å²) in [6, 6.07) is 9.10. The smallest absolute Gasteiger partial charge is 0.0582 e. The Morgan fingerprint density at radius 2 is 1.93 bits per heavy atom. The number of benzene rings is 1. The molecule has 0 aliphatic heterocycles. The lowest BCUT2D eigenvalue weighted by Gasteiger charge is -2.12. The van der Waals surface area contributed by atoms with E-state index in [9.17, 15) is 0 Å². The van der Waals surface area contributed by atoms with Crippen LogP contribution in [0.4, 0.5) is 0 Å². The van der Waals surface area contributed by atoms with E-state index in [2.05, 4.69) is 10.2 Å². The first-order valence-electron chi connectivity index (χ1n) is 4.55. The molecule has 0 saturated carbocycles. The molecule has 1 heterocycles. The molecule has 1 aromatic carbocycles. The zero-order valence-electron chi connectivity index (χ0n) is 7.97. The summed E-state index contributed by atoms with van der Waals surface area (Å²) < 4.78 is 0. The van der Waals surface area contributed by atoms with E-state index in [0.717, 1.165) is 11.1 Å². The van der Waals surface area contributed by atoms with Crippen molar-refractivity contribution in [2.75, 3.05) is 0 Å². The highest BCUT2D eigenvalue weighted by Gasteiger charge is 2.11. The average molecular weight is 220 g/mol. The summed E-state index contributed by atoms with van der Waals surface area (Å²) in [5, 5.41) is 8.16. The molecule has 3 nitrogen and oxygen atoms in total. The molecular weight excluding hydrogens is 210 g/mol. The van der Waals surface area contributed by atoms with Crippen LogP contribution < -0.4 is 5.73 Å². The van der Waals surface area contributed by atoms with Crippen LogP contribution in [0.1, 0.15) is 17.2 Å². The predicted octanol–water partition coefficient (Wildman–Crippen LogP) is 2.18. The van der Waals surface area contributed by atoms with Crippen molar-refractivity contribution in [2.24, 2.45) is 5.73 Å². The van der Waals surface area contributed by atoms with Crippen molar-refractivity contribution in [2.45, 2.75) is 6.04 Å². The molecule has 0 saturated heterocycles. The van der Waals surface area contributed by atoms with Crippen molar-refractivity contribution < 1.29 is 0 Å². The minimum atomic E-state index is -0.255. The number of hydrogen-bond donors (Lipinski definition) is 1. The van der Waals surface area contributed by atoms with Crippen molar-refractivity contribution in [3.8, 4) is 0 Å². The molecule has 2 rings (SSSR count). The molecular formula is C11H10ClN3. The monoisotopic (exact) mass is 219 g/mol. The van der Waals surface area contributed by atoms with Gasteiger partial charge in [-0.05, 0) is 23.3 Å². The predicted molar refractivity (Wildman–Crippen MR) is 59.5 cm³/mol. The van der Waals surface area contributed by atoms with Gasteiger partial charge >= 0.3 is 0 Å². The van der Waals surface area contributed by atoms with E-state index in [1.165, 1.54) is 0 Å². The molecule has 0 radical (unpaired) electrons. The molecule has 0 spiro atoms. The van der Waals surface area contributed by atoms with Crippen molar-refractivity contribution in [3.63, 3.8) is 0 Å². The molecule has 4 heteroatoms. The fourth-order valence-electron chi connectivity index (χ4n) is 1.39. The summed E-state index contributed by atoms with van der Waals surface area (Å²) in [6.45, 7) is 0. The first-order valence-corrected chi connectivity index (χ1v) is 4.93. The van der Waals surface area contributed by atoms with Gasteiger partial charge in [-0.2, -0.15) is 10.2 Å². The second kappa shape index (κ2) is 4.38. The van der Waals surface area contributed by atoms with E-state index in [4.69, 9.17) is 17.3 Å². The molecule has 2 aromatic rings. The minimum Gasteiger partial charge on any atom is -0.320 e. The first-order chi connectivity index (χ1) is 7.29. The van der Waals surface area contributed by atoms with Gasteiger partial charge in [0.2, 0.25) is 0 Å². The summed E-state index contributed by atoms with van der Waals surface area (Å²) in [7, 11) is 0. The number of rotatable bonds is 2. The molecule has 0 aliphatic carbocycles. The SMILES string of the molecule is NC(c1ccnnc1)c1ccccc1Cl. The van der Waals surface area contributed by atoms with Gasteiger partial charge in [0.25, 0.3) is 0 Å². The first kappa shape index (κ1) is 10.1. The molecule has 1 atom stereocenters. The van der Waals surface area contributed by atoms with Crippen LogP contribution in [0.15, 0.2) is 42.7 Å². The van der Waals surface area contributed by atoms with Crippen molar-refractivity contribution >= 4 is 11.6 Å². The molecule has 0 aliphatic rings. The van der Waals surface area contributed by atoms with Crippen LogP contribution >= 0.6 is 11.6 Å². The molecule has 1 aromatic heterocycles. The second-order valence-electron chi connectivity index (χ2n) is 3.17. The number of hydrogen-bond acceptors (Lipinski definition) is 3. The molecule has 1 unspecified atom stereocenters. The molecule has 76 valence electrons. The third kappa shape index (κ3) is 2.14. The fourth-order valence-corrected chi connectivity index (χ4v) is 1.65. The van der Waals surface area contributed by atoms with Gasteiger partial charge in [-0.15, -0.1) is 0 Å². The van der Waals surface area contributed by atoms with Gasteiger partial charge in [-0.3, -0.25) is 0 Å². The third-order valence-corrected chi connectivity index (χ3v) is 2.55. The maximum absolute atomic E-state index is 6.06. The Kier molecular flexibility index (Phi) is 2.94. The van der Waals surface area contributed by atoms with E-state index in [0.29, 0.717) is 5.02 Å². The van der Waals surface area contributed by atoms with Crippen LogP contribution in [0, 0.1) is 0 Å². The maximum atomic E-state index is 6.06. The quantitative estimate of drug-likeness (QED) is 0.842. The van der Waals surface area contributed by atoms with Crippen LogP contribution in [0.2, 0.25) is 5.02 Å². The number of aromatic nitrogens is 2. The standard InChI is InChI=1S/C11H10ClN3/c12-10-4-2-1-3-9(10)11(13)8-5-6-14-15-7-8/h1-7,11H,13H2. The van der Waals surface area contributed by atoms with Crippen LogP contribution in [0.25, 0.3) is 0 Å². The van der Waals surface area contributed by atoms with Gasteiger partial charge in [0.05, 0.1) is 12.2 Å². The van der Waals surface area contributed by atoms with Crippen molar-refractivity contribution in [1.82, 2.24) is 10.2 Å². The molecule has 0 amide bonds. The lowest BCUT2D eigenvalue weighted by molar-refractivity contribution is 0.846. The number of halogens is 1. The van der Waals surface area contributed by atoms with E-state index >= 15 is 0 Å². The van der Waals surface area contributed by atoms with E-state index < -0.39 is 0 Å². The Hall–Kier alpha value is -1.45. The molecule has 2 N–H and O–H groups in total. The Morgan fingerprint density at radius 1 is 1.13 bits per heavy atom. The topological polar surface area (TPSA) is 51.8 Å². The van der Waals surface area contributed by atoms with Crippen LogP contribution in [-0.4, -0.2) is 10.2 Å². The largest absolute Gasteiger partial charge is 0.320 e. The van der Waals surface area contributed by atoms with E-state index in [-0.39, 0.29) is 6.04 Å². The zero-order valence-corrected chi connectivity index (χ0v) is 8.72. The summed E-state index contributed by atoms with van der Waals surface area (Å²) in [5.74, 6) is 0. The Bertz CT molecular complexity index is 445. The van der Waals surface area contributed by atoms with Crippen molar-refractivity contribution in [1.29, 1.82) is 0 Å². The summed E-state index contributed by atoms with van der Waals surface area (Å²) in [4.78, 5) is 0. The lowest BCUT2D eigenvalue weighted by atomic mass is 10.0. The number of nitrogens with two attached hydrogens (primary N) is 1. The molecule has 15 heavy (non-hydrogen) atoms. The fraction of sp³-hybridized carbons (Fsp3) is 0.0909. The average Bonchev–Trinajstić information content (AvgIpc) is 2.30. The van der Waals surface area contributed by atoms with E-state index in [1.54, 1.807) is 12.4 Å². The Labute approximate surface area is 92.9 Å². The third-order valence-electron chi connectivity index (χ3n) is 2.21. The number of nitrogens with zero attached hydrogens (tertiary/aromatic N) is 2. The van der Waals surface area contributed by atoms with Gasteiger partial charge in [0.15, 0.2) is 0 Å². The van der Waals surface area contributed by atoms with Gasteiger partial charge in [0, 0.05) is 11.2 Å². The van der Waals surface area contributed by atoms with Gasteiger partial charge in [0.1, 0.15) is 0 Å². The maximum Gasteiger partial charge on any atom is 0.0582 e. The normalized spacial score (nSPS) is 12.4. The summed E-state index contributed by atoms with van der Waals surface area (Å²) in [6.07, 6.45) is 3.26. The highest BCUT2D eigenvalue weighted by molar-refractivity contribution is 6.31. The molecule has 0 bridgehead atoms. The van der Waals surface area contributed by atoms with Crippen LogP contribution in [-0.2, 0) is 0 Å². The summed E-state index contributed by atoms with van der Waals surface area (Å²) in [5.41, 5.74) is 7.86.